The number of benzene rings is 3. The van der Waals surface area contributed by atoms with Gasteiger partial charge < -0.3 is 5.73 Å². The maximum atomic E-state index is 13.0. The SMILES string of the molecule is CS(=O)(=O)c1cccc(-c2ccc(C(C=C(N)C(F)(F)F)=Nc3ccccc3Cl)cc2)c1. The summed E-state index contributed by atoms with van der Waals surface area (Å²) in [5.74, 6) is 0. The molecule has 3 aromatic carbocycles. The number of sulfone groups is 1. The van der Waals surface area contributed by atoms with Crippen LogP contribution >= 0.6 is 11.6 Å². The number of allylic oxidation sites excluding steroid dienone is 2. The van der Waals surface area contributed by atoms with E-state index in [2.05, 4.69) is 4.99 Å². The summed E-state index contributed by atoms with van der Waals surface area (Å²) in [6.45, 7) is 0. The van der Waals surface area contributed by atoms with Gasteiger partial charge in [-0.1, -0.05) is 60.1 Å². The molecule has 3 rings (SSSR count). The predicted octanol–water partition coefficient (Wildman–Crippen LogP) is 5.94. The molecule has 0 spiro atoms. The minimum Gasteiger partial charge on any atom is -0.395 e. The first kappa shape index (κ1) is 23.6. The van der Waals surface area contributed by atoms with Gasteiger partial charge in [0.2, 0.25) is 0 Å². The van der Waals surface area contributed by atoms with Crippen LogP contribution in [0.2, 0.25) is 5.02 Å². The van der Waals surface area contributed by atoms with Crippen molar-refractivity contribution in [2.45, 2.75) is 11.1 Å². The second-order valence-corrected chi connectivity index (χ2v) is 9.35. The molecule has 3 aromatic rings. The lowest BCUT2D eigenvalue weighted by atomic mass is 10.0. The molecule has 0 unspecified atom stereocenters. The number of nitrogens with zero attached hydrogens (tertiary/aromatic N) is 1. The number of rotatable bonds is 5. The average Bonchev–Trinajstić information content (AvgIpc) is 2.73. The fraction of sp³-hybridized carbons (Fsp3) is 0.0870. The molecule has 166 valence electrons. The molecule has 9 heteroatoms. The Labute approximate surface area is 188 Å². The van der Waals surface area contributed by atoms with E-state index >= 15 is 0 Å². The van der Waals surface area contributed by atoms with E-state index in [0.29, 0.717) is 22.4 Å². The number of hydrogen-bond acceptors (Lipinski definition) is 4. The second-order valence-electron chi connectivity index (χ2n) is 6.92. The highest BCUT2D eigenvalue weighted by molar-refractivity contribution is 7.90. The molecule has 0 fully saturated rings. The molecule has 0 atom stereocenters. The fourth-order valence-corrected chi connectivity index (χ4v) is 3.67. The minimum atomic E-state index is -4.72. The maximum Gasteiger partial charge on any atom is 0.430 e. The number of alkyl halides is 3. The zero-order valence-corrected chi connectivity index (χ0v) is 18.3. The van der Waals surface area contributed by atoms with Crippen LogP contribution in [0.15, 0.2) is 94.5 Å². The zero-order valence-electron chi connectivity index (χ0n) is 16.8. The van der Waals surface area contributed by atoms with Gasteiger partial charge in [0.05, 0.1) is 21.3 Å². The number of aliphatic imine (C=N–C) groups is 1. The van der Waals surface area contributed by atoms with Crippen LogP contribution in [-0.2, 0) is 9.84 Å². The summed E-state index contributed by atoms with van der Waals surface area (Å²) in [5.41, 5.74) is 5.90. The van der Waals surface area contributed by atoms with Gasteiger partial charge in [0.15, 0.2) is 9.84 Å². The van der Waals surface area contributed by atoms with Gasteiger partial charge in [0, 0.05) is 11.8 Å². The van der Waals surface area contributed by atoms with Crippen LogP contribution in [0.1, 0.15) is 5.56 Å². The second kappa shape index (κ2) is 9.18. The Bertz CT molecular complexity index is 1300. The molecule has 2 N–H and O–H groups in total. The highest BCUT2D eigenvalue weighted by Gasteiger charge is 2.31. The lowest BCUT2D eigenvalue weighted by Crippen LogP contribution is -2.20. The van der Waals surface area contributed by atoms with Gasteiger partial charge in [-0.3, -0.25) is 0 Å². The summed E-state index contributed by atoms with van der Waals surface area (Å²) in [6.07, 6.45) is -2.85. The van der Waals surface area contributed by atoms with E-state index in [0.717, 1.165) is 12.3 Å². The maximum absolute atomic E-state index is 13.0. The number of hydrogen-bond donors (Lipinski definition) is 1. The lowest BCUT2D eigenvalue weighted by molar-refractivity contribution is -0.0925. The third-order valence-electron chi connectivity index (χ3n) is 4.49. The largest absolute Gasteiger partial charge is 0.430 e. The van der Waals surface area contributed by atoms with Crippen molar-refractivity contribution in [3.05, 3.63) is 95.2 Å². The summed E-state index contributed by atoms with van der Waals surface area (Å²) < 4.78 is 62.7. The van der Waals surface area contributed by atoms with E-state index in [1.165, 1.54) is 12.1 Å². The predicted molar refractivity (Wildman–Crippen MR) is 121 cm³/mol. The summed E-state index contributed by atoms with van der Waals surface area (Å²) in [7, 11) is -3.38. The van der Waals surface area contributed by atoms with Gasteiger partial charge in [-0.15, -0.1) is 0 Å². The van der Waals surface area contributed by atoms with E-state index in [-0.39, 0.29) is 15.6 Å². The molecular weight excluding hydrogens is 461 g/mol. The molecule has 0 saturated carbocycles. The van der Waals surface area contributed by atoms with Gasteiger partial charge in [0.1, 0.15) is 5.70 Å². The third-order valence-corrected chi connectivity index (χ3v) is 5.92. The highest BCUT2D eigenvalue weighted by Crippen LogP contribution is 2.28. The van der Waals surface area contributed by atoms with Gasteiger partial charge in [-0.2, -0.15) is 13.2 Å². The molecule has 0 bridgehead atoms. The van der Waals surface area contributed by atoms with Crippen molar-refractivity contribution in [2.24, 2.45) is 10.7 Å². The van der Waals surface area contributed by atoms with Crippen LogP contribution in [-0.4, -0.2) is 26.6 Å². The number of halogens is 4. The Balaban J connectivity index is 2.06. The summed E-state index contributed by atoms with van der Waals surface area (Å²) >= 11 is 6.11. The molecule has 0 aliphatic carbocycles. The van der Waals surface area contributed by atoms with Crippen LogP contribution in [0.25, 0.3) is 11.1 Å². The molecular formula is C23H18ClF3N2O2S. The van der Waals surface area contributed by atoms with Crippen LogP contribution in [0, 0.1) is 0 Å². The molecule has 4 nitrogen and oxygen atoms in total. The van der Waals surface area contributed by atoms with Crippen molar-refractivity contribution >= 4 is 32.8 Å². The lowest BCUT2D eigenvalue weighted by Gasteiger charge is -2.10. The number of para-hydroxylation sites is 1. The Kier molecular flexibility index (Phi) is 6.76. The van der Waals surface area contributed by atoms with Crippen LogP contribution in [0.4, 0.5) is 18.9 Å². The van der Waals surface area contributed by atoms with Gasteiger partial charge in [-0.05, 0) is 41.5 Å². The fourth-order valence-electron chi connectivity index (χ4n) is 2.82. The molecule has 0 aromatic heterocycles. The smallest absolute Gasteiger partial charge is 0.395 e. The third kappa shape index (κ3) is 5.77. The Morgan fingerprint density at radius 2 is 1.62 bits per heavy atom. The first-order valence-electron chi connectivity index (χ1n) is 9.23. The normalized spacial score (nSPS) is 13.3. The van der Waals surface area contributed by atoms with Crippen molar-refractivity contribution in [1.82, 2.24) is 0 Å². The van der Waals surface area contributed by atoms with E-state index in [1.807, 2.05) is 0 Å². The Hall–Kier alpha value is -3.10. The van der Waals surface area contributed by atoms with Crippen molar-refractivity contribution in [3.8, 4) is 11.1 Å². The topological polar surface area (TPSA) is 72.5 Å². The van der Waals surface area contributed by atoms with Crippen molar-refractivity contribution in [2.75, 3.05) is 6.26 Å². The molecule has 0 aliphatic rings. The standard InChI is InChI=1S/C23H18ClF3N2O2S/c1-32(30,31)18-6-4-5-17(13-18)15-9-11-16(12-10-15)21(14-22(28)23(25,26)27)29-20-8-3-2-7-19(20)24/h2-14H,28H2,1H3. The van der Waals surface area contributed by atoms with E-state index in [1.54, 1.807) is 60.7 Å². The number of nitrogens with two attached hydrogens (primary N) is 1. The zero-order chi connectivity index (χ0) is 23.5. The molecule has 32 heavy (non-hydrogen) atoms. The van der Waals surface area contributed by atoms with E-state index in [4.69, 9.17) is 17.3 Å². The summed E-state index contributed by atoms with van der Waals surface area (Å²) in [6, 6.07) is 19.4. The first-order chi connectivity index (χ1) is 14.9. The van der Waals surface area contributed by atoms with Crippen LogP contribution < -0.4 is 5.73 Å². The summed E-state index contributed by atoms with van der Waals surface area (Å²) in [4.78, 5) is 4.45. The quantitative estimate of drug-likeness (QED) is 0.461. The summed E-state index contributed by atoms with van der Waals surface area (Å²) in [5, 5.41) is 0.276. The Morgan fingerprint density at radius 3 is 2.22 bits per heavy atom. The molecule has 0 radical (unpaired) electrons. The van der Waals surface area contributed by atoms with E-state index in [9.17, 15) is 21.6 Å². The molecule has 0 amide bonds. The van der Waals surface area contributed by atoms with Gasteiger partial charge >= 0.3 is 6.18 Å². The van der Waals surface area contributed by atoms with E-state index < -0.39 is 21.7 Å². The average molecular weight is 479 g/mol. The highest BCUT2D eigenvalue weighted by atomic mass is 35.5. The van der Waals surface area contributed by atoms with Crippen LogP contribution in [0.5, 0.6) is 0 Å². The Morgan fingerprint density at radius 1 is 0.969 bits per heavy atom. The molecule has 0 aliphatic heterocycles. The van der Waals surface area contributed by atoms with Crippen molar-refractivity contribution in [3.63, 3.8) is 0 Å². The van der Waals surface area contributed by atoms with Crippen molar-refractivity contribution in [1.29, 1.82) is 0 Å². The minimum absolute atomic E-state index is 0.0237. The first-order valence-corrected chi connectivity index (χ1v) is 11.5. The molecule has 0 saturated heterocycles. The van der Waals surface area contributed by atoms with Crippen LogP contribution in [0.3, 0.4) is 0 Å². The van der Waals surface area contributed by atoms with Gasteiger partial charge in [-0.25, -0.2) is 13.4 Å². The van der Waals surface area contributed by atoms with Gasteiger partial charge in [0.25, 0.3) is 0 Å². The molecule has 0 heterocycles. The monoisotopic (exact) mass is 478 g/mol. The van der Waals surface area contributed by atoms with Crippen molar-refractivity contribution < 1.29 is 21.6 Å².